The van der Waals surface area contributed by atoms with Crippen LogP contribution >= 0.6 is 0 Å². The van der Waals surface area contributed by atoms with Crippen LogP contribution < -0.4 is 0 Å². The van der Waals surface area contributed by atoms with Crippen molar-refractivity contribution >= 4 is 0 Å². The van der Waals surface area contributed by atoms with Crippen molar-refractivity contribution in [1.29, 1.82) is 0 Å². The molecule has 2 atom stereocenters. The largest absolute Gasteiger partial charge is 0.293 e. The highest BCUT2D eigenvalue weighted by molar-refractivity contribution is 5.15. The molecule has 1 nitrogen and oxygen atoms in total. The first-order valence-electron chi connectivity index (χ1n) is 7.14. The molecule has 0 amide bonds. The van der Waals surface area contributed by atoms with E-state index in [-0.39, 0.29) is 0 Å². The van der Waals surface area contributed by atoms with E-state index in [4.69, 9.17) is 0 Å². The maximum atomic E-state index is 2.72. The molecule has 1 aromatic carbocycles. The van der Waals surface area contributed by atoms with Crippen molar-refractivity contribution in [2.24, 2.45) is 0 Å². The fourth-order valence-electron chi connectivity index (χ4n) is 3.03. The van der Waals surface area contributed by atoms with Gasteiger partial charge in [-0.1, -0.05) is 57.0 Å². The molecule has 0 aliphatic carbocycles. The third-order valence-electron chi connectivity index (χ3n) is 3.93. The summed E-state index contributed by atoms with van der Waals surface area (Å²) in [5, 5.41) is 0. The highest BCUT2D eigenvalue weighted by atomic mass is 15.2. The molecular weight excluding hydrogens is 206 g/mol. The molecule has 1 fully saturated rings. The van der Waals surface area contributed by atoms with Gasteiger partial charge in [0, 0.05) is 18.6 Å². The Morgan fingerprint density at radius 2 is 1.59 bits per heavy atom. The number of nitrogens with zero attached hydrogens (tertiary/aromatic N) is 1. The molecule has 1 heteroatoms. The van der Waals surface area contributed by atoms with Crippen LogP contribution in [0.3, 0.4) is 0 Å². The van der Waals surface area contributed by atoms with Crippen molar-refractivity contribution in [2.45, 2.75) is 64.6 Å². The summed E-state index contributed by atoms with van der Waals surface area (Å²) in [6.07, 6.45) is 6.79. The Kier molecular flexibility index (Phi) is 4.61. The minimum Gasteiger partial charge on any atom is -0.293 e. The van der Waals surface area contributed by atoms with Gasteiger partial charge in [-0.15, -0.1) is 0 Å². The van der Waals surface area contributed by atoms with E-state index in [0.29, 0.717) is 0 Å². The normalized spacial score (nSPS) is 24.6. The molecule has 1 aromatic rings. The SMILES string of the molecule is CCC[C@@H]1C[C@@H](CCC)N1Cc1ccccc1. The summed E-state index contributed by atoms with van der Waals surface area (Å²) in [5.41, 5.74) is 1.47. The Bertz CT molecular complexity index is 308. The van der Waals surface area contributed by atoms with Gasteiger partial charge in [-0.2, -0.15) is 0 Å². The van der Waals surface area contributed by atoms with Crippen LogP contribution in [-0.2, 0) is 6.54 Å². The van der Waals surface area contributed by atoms with E-state index in [1.165, 1.54) is 37.7 Å². The molecule has 0 spiro atoms. The Labute approximate surface area is 106 Å². The summed E-state index contributed by atoms with van der Waals surface area (Å²) in [7, 11) is 0. The first-order valence-corrected chi connectivity index (χ1v) is 7.14. The molecule has 17 heavy (non-hydrogen) atoms. The van der Waals surface area contributed by atoms with Crippen LogP contribution in [-0.4, -0.2) is 17.0 Å². The molecule has 1 heterocycles. The van der Waals surface area contributed by atoms with Crippen LogP contribution in [0.25, 0.3) is 0 Å². The van der Waals surface area contributed by atoms with Crippen LogP contribution in [0.2, 0.25) is 0 Å². The Morgan fingerprint density at radius 3 is 2.12 bits per heavy atom. The molecule has 0 aromatic heterocycles. The number of hydrogen-bond acceptors (Lipinski definition) is 1. The Morgan fingerprint density at radius 1 is 1.00 bits per heavy atom. The molecule has 0 bridgehead atoms. The van der Waals surface area contributed by atoms with Crippen molar-refractivity contribution in [3.05, 3.63) is 35.9 Å². The average molecular weight is 231 g/mol. The van der Waals surface area contributed by atoms with Gasteiger partial charge in [0.05, 0.1) is 0 Å². The summed E-state index contributed by atoms with van der Waals surface area (Å²) in [6.45, 7) is 5.75. The van der Waals surface area contributed by atoms with E-state index >= 15 is 0 Å². The fraction of sp³-hybridized carbons (Fsp3) is 0.625. The van der Waals surface area contributed by atoms with Gasteiger partial charge in [0.1, 0.15) is 0 Å². The van der Waals surface area contributed by atoms with Gasteiger partial charge in [-0.3, -0.25) is 4.90 Å². The topological polar surface area (TPSA) is 3.24 Å². The molecule has 0 saturated carbocycles. The van der Waals surface area contributed by atoms with E-state index in [2.05, 4.69) is 49.1 Å². The number of likely N-dealkylation sites (tertiary alicyclic amines) is 1. The van der Waals surface area contributed by atoms with Crippen LogP contribution in [0, 0.1) is 0 Å². The van der Waals surface area contributed by atoms with Crippen molar-refractivity contribution in [1.82, 2.24) is 4.90 Å². The third-order valence-corrected chi connectivity index (χ3v) is 3.93. The van der Waals surface area contributed by atoms with E-state index < -0.39 is 0 Å². The summed E-state index contributed by atoms with van der Waals surface area (Å²) < 4.78 is 0. The van der Waals surface area contributed by atoms with Crippen LogP contribution in [0.5, 0.6) is 0 Å². The molecule has 1 aliphatic heterocycles. The maximum Gasteiger partial charge on any atom is 0.0239 e. The second kappa shape index (κ2) is 6.20. The highest BCUT2D eigenvalue weighted by Crippen LogP contribution is 2.33. The van der Waals surface area contributed by atoms with E-state index in [9.17, 15) is 0 Å². The van der Waals surface area contributed by atoms with Gasteiger partial charge in [-0.05, 0) is 24.8 Å². The van der Waals surface area contributed by atoms with Gasteiger partial charge in [0.25, 0.3) is 0 Å². The molecule has 2 rings (SSSR count). The zero-order chi connectivity index (χ0) is 12.1. The van der Waals surface area contributed by atoms with Crippen LogP contribution in [0.4, 0.5) is 0 Å². The summed E-state index contributed by atoms with van der Waals surface area (Å²) in [4.78, 5) is 2.72. The molecule has 0 radical (unpaired) electrons. The lowest BCUT2D eigenvalue weighted by atomic mass is 9.86. The average Bonchev–Trinajstić information content (AvgIpc) is 2.36. The zero-order valence-electron chi connectivity index (χ0n) is 11.2. The summed E-state index contributed by atoms with van der Waals surface area (Å²) in [5.74, 6) is 0. The monoisotopic (exact) mass is 231 g/mol. The molecular formula is C16H25N. The van der Waals surface area contributed by atoms with Gasteiger partial charge >= 0.3 is 0 Å². The van der Waals surface area contributed by atoms with Gasteiger partial charge in [0.15, 0.2) is 0 Å². The first-order chi connectivity index (χ1) is 8.35. The van der Waals surface area contributed by atoms with Gasteiger partial charge in [0.2, 0.25) is 0 Å². The van der Waals surface area contributed by atoms with Gasteiger partial charge in [-0.25, -0.2) is 0 Å². The molecule has 0 unspecified atom stereocenters. The van der Waals surface area contributed by atoms with Crippen LogP contribution in [0.15, 0.2) is 30.3 Å². The first kappa shape index (κ1) is 12.6. The number of benzene rings is 1. The van der Waals surface area contributed by atoms with Crippen molar-refractivity contribution in [3.8, 4) is 0 Å². The summed E-state index contributed by atoms with van der Waals surface area (Å²) >= 11 is 0. The molecule has 94 valence electrons. The lowest BCUT2D eigenvalue weighted by Gasteiger charge is -2.49. The maximum absolute atomic E-state index is 2.72. The third kappa shape index (κ3) is 3.10. The molecule has 1 saturated heterocycles. The zero-order valence-corrected chi connectivity index (χ0v) is 11.2. The standard InChI is InChI=1S/C16H25N/c1-3-8-15-12-16(9-4-2)17(15)13-14-10-6-5-7-11-14/h5-7,10-11,15-16H,3-4,8-9,12-13H2,1-2H3/t15-,16-/m1/s1. The van der Waals surface area contributed by atoms with Crippen molar-refractivity contribution in [3.63, 3.8) is 0 Å². The van der Waals surface area contributed by atoms with E-state index in [1.54, 1.807) is 0 Å². The summed E-state index contributed by atoms with van der Waals surface area (Å²) in [6, 6.07) is 12.6. The van der Waals surface area contributed by atoms with Crippen molar-refractivity contribution in [2.75, 3.05) is 0 Å². The number of rotatable bonds is 6. The molecule has 1 aliphatic rings. The lowest BCUT2D eigenvalue weighted by Crippen LogP contribution is -2.54. The Hall–Kier alpha value is -0.820. The van der Waals surface area contributed by atoms with Crippen molar-refractivity contribution < 1.29 is 0 Å². The quantitative estimate of drug-likeness (QED) is 0.708. The minimum atomic E-state index is 0.844. The minimum absolute atomic E-state index is 0.844. The number of hydrogen-bond donors (Lipinski definition) is 0. The second-order valence-electron chi connectivity index (χ2n) is 5.28. The van der Waals surface area contributed by atoms with E-state index in [1.807, 2.05) is 0 Å². The lowest BCUT2D eigenvalue weighted by molar-refractivity contribution is -0.00336. The fourth-order valence-corrected chi connectivity index (χ4v) is 3.03. The Balaban J connectivity index is 1.94. The smallest absolute Gasteiger partial charge is 0.0239 e. The molecule has 0 N–H and O–H groups in total. The predicted octanol–water partition coefficient (Wildman–Crippen LogP) is 4.23. The van der Waals surface area contributed by atoms with Crippen LogP contribution in [0.1, 0.15) is 51.5 Å². The predicted molar refractivity (Wildman–Crippen MR) is 74.0 cm³/mol. The highest BCUT2D eigenvalue weighted by Gasteiger charge is 2.36. The van der Waals surface area contributed by atoms with E-state index in [0.717, 1.165) is 18.6 Å². The van der Waals surface area contributed by atoms with Gasteiger partial charge < -0.3 is 0 Å². The second-order valence-corrected chi connectivity index (χ2v) is 5.28.